The number of carbonyl (C=O) groups excluding carboxylic acids is 2. The van der Waals surface area contributed by atoms with Gasteiger partial charge in [-0.1, -0.05) is 61.5 Å². The molecule has 1 fully saturated rings. The minimum absolute atomic E-state index is 0.0793. The number of amides is 2. The van der Waals surface area contributed by atoms with Gasteiger partial charge in [0.05, 0.1) is 6.20 Å². The largest absolute Gasteiger partial charge is 0.434 e. The lowest BCUT2D eigenvalue weighted by atomic mass is 9.72. The lowest BCUT2D eigenvalue weighted by Crippen LogP contribution is -2.60. The predicted molar refractivity (Wildman–Crippen MR) is 127 cm³/mol. The molecule has 1 aliphatic rings. The van der Waals surface area contributed by atoms with Crippen LogP contribution < -0.4 is 5.73 Å². The van der Waals surface area contributed by atoms with Gasteiger partial charge in [-0.3, -0.25) is 9.59 Å². The molecule has 1 unspecified atom stereocenters. The van der Waals surface area contributed by atoms with Crippen LogP contribution in [0.3, 0.4) is 0 Å². The molecule has 2 aromatic carbocycles. The van der Waals surface area contributed by atoms with Gasteiger partial charge in [-0.2, -0.15) is 13.2 Å². The first-order valence-corrected chi connectivity index (χ1v) is 11.9. The van der Waals surface area contributed by atoms with E-state index in [0.717, 1.165) is 0 Å². The van der Waals surface area contributed by atoms with Gasteiger partial charge in [0.15, 0.2) is 5.69 Å². The highest BCUT2D eigenvalue weighted by Gasteiger charge is 2.55. The smallest absolute Gasteiger partial charge is 0.368 e. The maximum Gasteiger partial charge on any atom is 0.434 e. The van der Waals surface area contributed by atoms with Crippen molar-refractivity contribution in [2.24, 2.45) is 5.73 Å². The fourth-order valence-electron chi connectivity index (χ4n) is 5.28. The number of hydrogen-bond donors (Lipinski definition) is 1. The third-order valence-corrected chi connectivity index (χ3v) is 6.93. The number of likely N-dealkylation sites (tertiary alicyclic amines) is 1. The number of halogens is 4. The van der Waals surface area contributed by atoms with E-state index in [4.69, 9.17) is 5.73 Å². The molecule has 4 rings (SSSR count). The van der Waals surface area contributed by atoms with Crippen LogP contribution in [0.15, 0.2) is 54.7 Å². The summed E-state index contributed by atoms with van der Waals surface area (Å²) < 4.78 is 55.6. The van der Waals surface area contributed by atoms with Gasteiger partial charge < -0.3 is 10.6 Å². The summed E-state index contributed by atoms with van der Waals surface area (Å²) in [7, 11) is 0. The molecule has 0 aliphatic carbocycles. The topological polar surface area (TPSA) is 94.1 Å². The highest BCUT2D eigenvalue weighted by molar-refractivity contribution is 5.93. The van der Waals surface area contributed by atoms with Crippen LogP contribution in [0.5, 0.6) is 0 Å². The second kappa shape index (κ2) is 9.95. The van der Waals surface area contributed by atoms with Crippen molar-refractivity contribution in [1.29, 1.82) is 0 Å². The molecular formula is C26H27F4N5O2. The number of nitrogens with zero attached hydrogens (tertiary/aromatic N) is 4. The predicted octanol–water partition coefficient (Wildman–Crippen LogP) is 4.24. The number of carbonyl (C=O) groups is 2. The molecule has 1 aromatic heterocycles. The first kappa shape index (κ1) is 26.3. The van der Waals surface area contributed by atoms with Gasteiger partial charge >= 0.3 is 6.18 Å². The number of nitrogens with two attached hydrogens (primary N) is 1. The van der Waals surface area contributed by atoms with Crippen LogP contribution in [0.2, 0.25) is 0 Å². The Bertz CT molecular complexity index is 1290. The Kier molecular flexibility index (Phi) is 7.07. The van der Waals surface area contributed by atoms with Crippen molar-refractivity contribution in [3.05, 3.63) is 82.9 Å². The average Bonchev–Trinajstić information content (AvgIpc) is 3.48. The minimum Gasteiger partial charge on any atom is -0.368 e. The number of primary amides is 1. The maximum absolute atomic E-state index is 15.1. The summed E-state index contributed by atoms with van der Waals surface area (Å²) in [6, 6.07) is 13.5. The van der Waals surface area contributed by atoms with Crippen molar-refractivity contribution in [3.63, 3.8) is 0 Å². The van der Waals surface area contributed by atoms with Crippen LogP contribution in [0.1, 0.15) is 60.9 Å². The maximum atomic E-state index is 15.1. The van der Waals surface area contributed by atoms with Crippen molar-refractivity contribution < 1.29 is 27.2 Å². The quantitative estimate of drug-likeness (QED) is 0.475. The molecule has 0 bridgehead atoms. The van der Waals surface area contributed by atoms with Gasteiger partial charge in [-0.25, -0.2) is 9.07 Å². The summed E-state index contributed by atoms with van der Waals surface area (Å²) in [6.07, 6.45) is -3.69. The number of aromatic nitrogens is 3. The third kappa shape index (κ3) is 4.82. The Labute approximate surface area is 211 Å². The zero-order chi connectivity index (χ0) is 27.0. The van der Waals surface area contributed by atoms with Crippen LogP contribution in [0, 0.1) is 5.82 Å². The molecule has 196 valence electrons. The van der Waals surface area contributed by atoms with E-state index in [9.17, 15) is 22.8 Å². The second-order valence-corrected chi connectivity index (χ2v) is 9.49. The molecule has 11 heteroatoms. The average molecular weight is 518 g/mol. The lowest BCUT2D eigenvalue weighted by molar-refractivity contribution is -0.149. The molecule has 0 radical (unpaired) electrons. The molecule has 2 N–H and O–H groups in total. The Hall–Kier alpha value is -3.76. The Balaban J connectivity index is 1.83. The normalized spacial score (nSPS) is 18.8. The summed E-state index contributed by atoms with van der Waals surface area (Å²) in [5.41, 5.74) is 4.71. The van der Waals surface area contributed by atoms with Crippen LogP contribution >= 0.6 is 0 Å². The van der Waals surface area contributed by atoms with E-state index in [-0.39, 0.29) is 18.9 Å². The van der Waals surface area contributed by atoms with Gasteiger partial charge in [-0.05, 0) is 41.5 Å². The zero-order valence-electron chi connectivity index (χ0n) is 20.4. The van der Waals surface area contributed by atoms with E-state index in [2.05, 4.69) is 10.3 Å². The summed E-state index contributed by atoms with van der Waals surface area (Å²) >= 11 is 0. The van der Waals surface area contributed by atoms with Crippen molar-refractivity contribution in [2.45, 2.75) is 56.8 Å². The van der Waals surface area contributed by atoms with Crippen molar-refractivity contribution >= 4 is 11.8 Å². The van der Waals surface area contributed by atoms with Gasteiger partial charge in [0.1, 0.15) is 17.9 Å². The van der Waals surface area contributed by atoms with Gasteiger partial charge in [0.2, 0.25) is 11.8 Å². The van der Waals surface area contributed by atoms with E-state index in [1.165, 1.54) is 11.0 Å². The van der Waals surface area contributed by atoms with Gasteiger partial charge in [0, 0.05) is 12.5 Å². The Morgan fingerprint density at radius 3 is 2.41 bits per heavy atom. The third-order valence-electron chi connectivity index (χ3n) is 6.93. The summed E-state index contributed by atoms with van der Waals surface area (Å²) in [5.74, 6) is -2.99. The standard InChI is InChI=1S/C26H27F4N5O2/c1-16(2)19-10-9-18(13-20(19)27)23(17-7-4-3-5-8-17)25(24(31)37)11-6-12-34(25)22(36)15-35-21(14-32-33-35)26(28,29)30/h3-5,7-10,13-14,16,23H,6,11-12,15H2,1-2H3,(H2,31,37)/t23-,25?/m0/s1. The second-order valence-electron chi connectivity index (χ2n) is 9.49. The lowest BCUT2D eigenvalue weighted by Gasteiger charge is -2.42. The first-order chi connectivity index (χ1) is 17.5. The first-order valence-electron chi connectivity index (χ1n) is 11.9. The number of benzene rings is 2. The molecule has 1 saturated heterocycles. The SMILES string of the molecule is CC(C)c1ccc([C@H](c2ccccc2)C2(C(N)=O)CCCN2C(=O)Cn2nncc2C(F)(F)F)cc1F. The van der Waals surface area contributed by atoms with Crippen molar-refractivity contribution in [3.8, 4) is 0 Å². The van der Waals surface area contributed by atoms with Crippen LogP contribution in [0.4, 0.5) is 17.6 Å². The van der Waals surface area contributed by atoms with Crippen molar-refractivity contribution in [2.75, 3.05) is 6.54 Å². The van der Waals surface area contributed by atoms with E-state index < -0.39 is 47.5 Å². The van der Waals surface area contributed by atoms with Gasteiger partial charge in [0.25, 0.3) is 0 Å². The molecule has 0 saturated carbocycles. The molecule has 2 amide bonds. The molecule has 0 spiro atoms. The minimum atomic E-state index is -4.77. The molecular weight excluding hydrogens is 490 g/mol. The fraction of sp³-hybridized carbons (Fsp3) is 0.385. The van der Waals surface area contributed by atoms with E-state index >= 15 is 4.39 Å². The Morgan fingerprint density at radius 2 is 1.81 bits per heavy atom. The summed E-state index contributed by atoms with van der Waals surface area (Å²) in [5, 5.41) is 6.71. The van der Waals surface area contributed by atoms with Crippen LogP contribution in [-0.4, -0.2) is 43.8 Å². The monoisotopic (exact) mass is 517 g/mol. The Morgan fingerprint density at radius 1 is 1.11 bits per heavy atom. The van der Waals surface area contributed by atoms with E-state index in [1.807, 2.05) is 13.8 Å². The summed E-state index contributed by atoms with van der Waals surface area (Å²) in [4.78, 5) is 27.9. The van der Waals surface area contributed by atoms with Crippen molar-refractivity contribution in [1.82, 2.24) is 19.9 Å². The molecule has 1 aliphatic heterocycles. The van der Waals surface area contributed by atoms with E-state index in [1.54, 1.807) is 42.5 Å². The zero-order valence-corrected chi connectivity index (χ0v) is 20.4. The summed E-state index contributed by atoms with van der Waals surface area (Å²) in [6.45, 7) is 3.02. The highest BCUT2D eigenvalue weighted by atomic mass is 19.4. The number of rotatable bonds is 7. The molecule has 37 heavy (non-hydrogen) atoms. The number of alkyl halides is 3. The molecule has 2 heterocycles. The molecule has 2 atom stereocenters. The van der Waals surface area contributed by atoms with Crippen LogP contribution in [0.25, 0.3) is 0 Å². The van der Waals surface area contributed by atoms with Gasteiger partial charge in [-0.15, -0.1) is 5.10 Å². The molecule has 7 nitrogen and oxygen atoms in total. The van der Waals surface area contributed by atoms with Crippen LogP contribution in [-0.2, 0) is 22.3 Å². The number of hydrogen-bond acceptors (Lipinski definition) is 4. The molecule has 3 aromatic rings. The highest BCUT2D eigenvalue weighted by Crippen LogP contribution is 2.46. The fourth-order valence-corrected chi connectivity index (χ4v) is 5.28. The van der Waals surface area contributed by atoms with E-state index in [0.29, 0.717) is 34.0 Å².